The SMILES string of the molecule is Cc1cccc(NS(=O)(=O)c2cc(Cl)c(C)c([N+](=O)[O-])c2)c1C. The third-order valence-corrected chi connectivity index (χ3v) is 5.38. The van der Waals surface area contributed by atoms with Gasteiger partial charge in [-0.05, 0) is 44.0 Å². The molecular formula is C15H15ClN2O4S. The normalized spacial score (nSPS) is 11.3. The number of hydrogen-bond donors (Lipinski definition) is 1. The molecule has 2 aromatic carbocycles. The second-order valence-electron chi connectivity index (χ2n) is 5.16. The Morgan fingerprint density at radius 2 is 1.78 bits per heavy atom. The lowest BCUT2D eigenvalue weighted by Crippen LogP contribution is -2.14. The highest BCUT2D eigenvalue weighted by molar-refractivity contribution is 7.92. The maximum Gasteiger partial charge on any atom is 0.275 e. The van der Waals surface area contributed by atoms with E-state index in [1.165, 1.54) is 13.0 Å². The largest absolute Gasteiger partial charge is 0.279 e. The zero-order valence-electron chi connectivity index (χ0n) is 12.8. The van der Waals surface area contributed by atoms with Crippen molar-refractivity contribution in [2.24, 2.45) is 0 Å². The van der Waals surface area contributed by atoms with E-state index in [1.54, 1.807) is 19.1 Å². The minimum Gasteiger partial charge on any atom is -0.279 e. The molecule has 0 amide bonds. The van der Waals surface area contributed by atoms with Crippen LogP contribution >= 0.6 is 11.6 Å². The summed E-state index contributed by atoms with van der Waals surface area (Å²) in [6, 6.07) is 7.43. The molecule has 2 rings (SSSR count). The maximum atomic E-state index is 12.5. The van der Waals surface area contributed by atoms with Gasteiger partial charge < -0.3 is 0 Å². The zero-order chi connectivity index (χ0) is 17.4. The Balaban J connectivity index is 2.52. The lowest BCUT2D eigenvalue weighted by Gasteiger charge is -2.13. The second kappa shape index (κ2) is 6.17. The summed E-state index contributed by atoms with van der Waals surface area (Å²) in [5, 5.41) is 11.1. The third-order valence-electron chi connectivity index (χ3n) is 3.65. The fourth-order valence-electron chi connectivity index (χ4n) is 2.05. The predicted octanol–water partition coefficient (Wildman–Crippen LogP) is 3.97. The monoisotopic (exact) mass is 354 g/mol. The van der Waals surface area contributed by atoms with Crippen molar-refractivity contribution in [2.75, 3.05) is 4.72 Å². The molecule has 2 aromatic rings. The van der Waals surface area contributed by atoms with Crippen LogP contribution in [0.1, 0.15) is 16.7 Å². The highest BCUT2D eigenvalue weighted by Gasteiger charge is 2.23. The van der Waals surface area contributed by atoms with Gasteiger partial charge in [-0.15, -0.1) is 0 Å². The van der Waals surface area contributed by atoms with E-state index in [-0.39, 0.29) is 21.2 Å². The smallest absolute Gasteiger partial charge is 0.275 e. The summed E-state index contributed by atoms with van der Waals surface area (Å²) in [6.07, 6.45) is 0. The Bertz CT molecular complexity index is 895. The molecule has 0 saturated heterocycles. The highest BCUT2D eigenvalue weighted by Crippen LogP contribution is 2.31. The Kier molecular flexibility index (Phi) is 4.63. The minimum absolute atomic E-state index is 0.0283. The highest BCUT2D eigenvalue weighted by atomic mass is 35.5. The molecule has 0 fully saturated rings. The topological polar surface area (TPSA) is 89.3 Å². The van der Waals surface area contributed by atoms with E-state index in [1.807, 2.05) is 13.0 Å². The Morgan fingerprint density at radius 3 is 2.39 bits per heavy atom. The van der Waals surface area contributed by atoms with Gasteiger partial charge >= 0.3 is 0 Å². The molecule has 23 heavy (non-hydrogen) atoms. The summed E-state index contributed by atoms with van der Waals surface area (Å²) in [5.41, 5.74) is 2.02. The van der Waals surface area contributed by atoms with Gasteiger partial charge in [-0.25, -0.2) is 8.42 Å². The Morgan fingerprint density at radius 1 is 1.13 bits per heavy atom. The van der Waals surface area contributed by atoms with Crippen molar-refractivity contribution in [2.45, 2.75) is 25.7 Å². The lowest BCUT2D eigenvalue weighted by atomic mass is 10.1. The van der Waals surface area contributed by atoms with Crippen molar-refractivity contribution in [3.05, 3.63) is 62.2 Å². The van der Waals surface area contributed by atoms with Crippen LogP contribution in [0, 0.1) is 30.9 Å². The van der Waals surface area contributed by atoms with E-state index in [4.69, 9.17) is 11.6 Å². The molecule has 122 valence electrons. The molecule has 8 heteroatoms. The first-order chi connectivity index (χ1) is 10.6. The molecule has 0 bridgehead atoms. The number of aryl methyl sites for hydroxylation is 1. The fraction of sp³-hybridized carbons (Fsp3) is 0.200. The van der Waals surface area contributed by atoms with Gasteiger partial charge in [-0.1, -0.05) is 23.7 Å². The molecule has 0 spiro atoms. The van der Waals surface area contributed by atoms with Crippen LogP contribution in [0.3, 0.4) is 0 Å². The minimum atomic E-state index is -3.99. The number of benzene rings is 2. The van der Waals surface area contributed by atoms with E-state index in [0.29, 0.717) is 5.69 Å². The Hall–Kier alpha value is -2.12. The number of hydrogen-bond acceptors (Lipinski definition) is 4. The van der Waals surface area contributed by atoms with Crippen molar-refractivity contribution in [1.82, 2.24) is 0 Å². The molecule has 0 aliphatic carbocycles. The van der Waals surface area contributed by atoms with Crippen LogP contribution in [0.4, 0.5) is 11.4 Å². The molecule has 6 nitrogen and oxygen atoms in total. The van der Waals surface area contributed by atoms with Gasteiger partial charge in [0.2, 0.25) is 0 Å². The van der Waals surface area contributed by atoms with Crippen LogP contribution < -0.4 is 4.72 Å². The third kappa shape index (κ3) is 3.46. The average Bonchev–Trinajstić information content (AvgIpc) is 2.46. The van der Waals surface area contributed by atoms with E-state index < -0.39 is 14.9 Å². The average molecular weight is 355 g/mol. The number of rotatable bonds is 4. The summed E-state index contributed by atoms with van der Waals surface area (Å²) < 4.78 is 27.5. The summed E-state index contributed by atoms with van der Waals surface area (Å²) in [7, 11) is -3.99. The molecular weight excluding hydrogens is 340 g/mol. The van der Waals surface area contributed by atoms with Gasteiger partial charge in [-0.2, -0.15) is 0 Å². The van der Waals surface area contributed by atoms with Gasteiger partial charge in [-0.3, -0.25) is 14.8 Å². The van der Waals surface area contributed by atoms with Crippen LogP contribution in [-0.4, -0.2) is 13.3 Å². The number of nitro groups is 1. The maximum absolute atomic E-state index is 12.5. The molecule has 0 unspecified atom stereocenters. The van der Waals surface area contributed by atoms with E-state index in [2.05, 4.69) is 4.72 Å². The summed E-state index contributed by atoms with van der Waals surface area (Å²) >= 11 is 5.93. The van der Waals surface area contributed by atoms with E-state index in [9.17, 15) is 18.5 Å². The van der Waals surface area contributed by atoms with Gasteiger partial charge in [0.25, 0.3) is 15.7 Å². The first-order valence-corrected chi connectivity index (χ1v) is 8.53. The van der Waals surface area contributed by atoms with E-state index in [0.717, 1.165) is 17.2 Å². The van der Waals surface area contributed by atoms with Gasteiger partial charge in [0.15, 0.2) is 0 Å². The van der Waals surface area contributed by atoms with Crippen LogP contribution in [-0.2, 0) is 10.0 Å². The zero-order valence-corrected chi connectivity index (χ0v) is 14.3. The molecule has 0 saturated carbocycles. The molecule has 0 aliphatic rings. The Labute approximate surface area is 139 Å². The van der Waals surface area contributed by atoms with Gasteiger partial charge in [0, 0.05) is 11.6 Å². The van der Waals surface area contributed by atoms with E-state index >= 15 is 0 Å². The number of nitro benzene ring substituents is 1. The van der Waals surface area contributed by atoms with Crippen LogP contribution in [0.5, 0.6) is 0 Å². The molecule has 1 N–H and O–H groups in total. The van der Waals surface area contributed by atoms with Crippen molar-refractivity contribution < 1.29 is 13.3 Å². The quantitative estimate of drug-likeness (QED) is 0.664. The number of halogens is 1. The summed E-state index contributed by atoms with van der Waals surface area (Å²) in [4.78, 5) is 10.1. The summed E-state index contributed by atoms with van der Waals surface area (Å²) in [6.45, 7) is 5.12. The first-order valence-electron chi connectivity index (χ1n) is 6.67. The number of nitrogens with one attached hydrogen (secondary N) is 1. The summed E-state index contributed by atoms with van der Waals surface area (Å²) in [5.74, 6) is 0. The van der Waals surface area contributed by atoms with Gasteiger partial charge in [0.05, 0.1) is 20.5 Å². The van der Waals surface area contributed by atoms with Crippen molar-refractivity contribution >= 4 is 33.0 Å². The van der Waals surface area contributed by atoms with Crippen LogP contribution in [0.25, 0.3) is 0 Å². The molecule has 0 aliphatic heterocycles. The standard InChI is InChI=1S/C15H15ClN2O4S/c1-9-5-4-6-14(10(9)2)17-23(21,22)12-7-13(16)11(3)15(8-12)18(19)20/h4-8,17H,1-3H3. The van der Waals surface area contributed by atoms with Crippen molar-refractivity contribution in [3.8, 4) is 0 Å². The molecule has 0 radical (unpaired) electrons. The lowest BCUT2D eigenvalue weighted by molar-refractivity contribution is -0.385. The second-order valence-corrected chi connectivity index (χ2v) is 7.25. The van der Waals surface area contributed by atoms with Crippen LogP contribution in [0.15, 0.2) is 35.2 Å². The number of nitrogens with zero attached hydrogens (tertiary/aromatic N) is 1. The number of anilines is 1. The molecule has 0 aromatic heterocycles. The first kappa shape index (κ1) is 17.2. The van der Waals surface area contributed by atoms with Gasteiger partial charge in [0.1, 0.15) is 0 Å². The number of sulfonamides is 1. The molecule has 0 atom stereocenters. The fourth-order valence-corrected chi connectivity index (χ4v) is 3.50. The van der Waals surface area contributed by atoms with Crippen LogP contribution in [0.2, 0.25) is 5.02 Å². The predicted molar refractivity (Wildman–Crippen MR) is 89.6 cm³/mol. The van der Waals surface area contributed by atoms with Crippen molar-refractivity contribution in [3.63, 3.8) is 0 Å². The molecule has 0 heterocycles. The van der Waals surface area contributed by atoms with Crippen molar-refractivity contribution in [1.29, 1.82) is 0 Å².